The third-order valence-corrected chi connectivity index (χ3v) is 3.82. The number of fused-ring (bicyclic) bond motifs is 1. The van der Waals surface area contributed by atoms with Gasteiger partial charge in [0.05, 0.1) is 0 Å². The van der Waals surface area contributed by atoms with E-state index in [1.54, 1.807) is 18.2 Å². The number of piperidine rings is 1. The molecule has 1 saturated heterocycles. The molecule has 1 aromatic rings. The van der Waals surface area contributed by atoms with E-state index in [4.69, 9.17) is 11.2 Å². The lowest BCUT2D eigenvalue weighted by atomic mass is 10.0. The first kappa shape index (κ1) is 14.1. The van der Waals surface area contributed by atoms with Gasteiger partial charge in [0, 0.05) is 18.5 Å². The molecule has 3 amide bonds. The molecule has 112 valence electrons. The van der Waals surface area contributed by atoms with Gasteiger partial charge in [0.2, 0.25) is 11.8 Å². The minimum absolute atomic E-state index is 0.156. The first-order chi connectivity index (χ1) is 10.6. The number of benzene rings is 1. The van der Waals surface area contributed by atoms with Gasteiger partial charge < -0.3 is 9.64 Å². The van der Waals surface area contributed by atoms with Gasteiger partial charge in [-0.25, -0.2) is 0 Å². The van der Waals surface area contributed by atoms with Crippen LogP contribution in [0.1, 0.15) is 28.8 Å². The van der Waals surface area contributed by atoms with Gasteiger partial charge in [0.1, 0.15) is 18.4 Å². The quantitative estimate of drug-likeness (QED) is 0.650. The molecule has 2 aliphatic rings. The number of amides is 3. The summed E-state index contributed by atoms with van der Waals surface area (Å²) in [5.74, 6) is 2.06. The van der Waals surface area contributed by atoms with Gasteiger partial charge in [0.15, 0.2) is 0 Å². The molecule has 3 rings (SSSR count). The monoisotopic (exact) mass is 298 g/mol. The first-order valence-corrected chi connectivity index (χ1v) is 6.94. The van der Waals surface area contributed by atoms with Crippen molar-refractivity contribution in [2.75, 3.05) is 6.61 Å². The molecule has 6 heteroatoms. The van der Waals surface area contributed by atoms with Crippen molar-refractivity contribution in [2.24, 2.45) is 0 Å². The number of nitrogens with one attached hydrogen (secondary N) is 1. The molecular formula is C16H14N2O4. The number of carbonyl (C=O) groups excluding carboxylic acids is 3. The Bertz CT molecular complexity index is 705. The van der Waals surface area contributed by atoms with E-state index in [9.17, 15) is 14.4 Å². The van der Waals surface area contributed by atoms with Crippen molar-refractivity contribution in [3.8, 4) is 18.1 Å². The molecule has 1 aromatic carbocycles. The van der Waals surface area contributed by atoms with Crippen molar-refractivity contribution in [3.05, 3.63) is 29.3 Å². The fraction of sp³-hybridized carbons (Fsp3) is 0.312. The molecule has 6 nitrogen and oxygen atoms in total. The van der Waals surface area contributed by atoms with E-state index in [1.807, 2.05) is 0 Å². The van der Waals surface area contributed by atoms with Crippen molar-refractivity contribution >= 4 is 17.7 Å². The summed E-state index contributed by atoms with van der Waals surface area (Å²) in [4.78, 5) is 37.1. The molecule has 0 aliphatic carbocycles. The second-order valence-corrected chi connectivity index (χ2v) is 5.21. The Morgan fingerprint density at radius 3 is 2.91 bits per heavy atom. The summed E-state index contributed by atoms with van der Waals surface area (Å²) in [6.45, 7) is 0.483. The summed E-state index contributed by atoms with van der Waals surface area (Å²) >= 11 is 0. The minimum atomic E-state index is -0.604. The highest BCUT2D eigenvalue weighted by Crippen LogP contribution is 2.30. The Labute approximate surface area is 127 Å². The number of terminal acetylenes is 1. The number of hydrogen-bond donors (Lipinski definition) is 1. The summed E-state index contributed by atoms with van der Waals surface area (Å²) in [6.07, 6.45) is 5.74. The maximum atomic E-state index is 12.4. The van der Waals surface area contributed by atoms with Crippen molar-refractivity contribution in [2.45, 2.75) is 25.4 Å². The van der Waals surface area contributed by atoms with Gasteiger partial charge in [-0.15, -0.1) is 6.42 Å². The molecule has 1 atom stereocenters. The Morgan fingerprint density at radius 1 is 1.36 bits per heavy atom. The maximum absolute atomic E-state index is 12.4. The Hall–Kier alpha value is -2.81. The third kappa shape index (κ3) is 2.42. The zero-order valence-corrected chi connectivity index (χ0v) is 11.8. The third-order valence-electron chi connectivity index (χ3n) is 3.82. The van der Waals surface area contributed by atoms with Gasteiger partial charge in [-0.1, -0.05) is 5.92 Å². The van der Waals surface area contributed by atoms with Crippen molar-refractivity contribution < 1.29 is 19.1 Å². The normalized spacial score (nSPS) is 20.4. The van der Waals surface area contributed by atoms with Crippen LogP contribution in [0, 0.1) is 12.3 Å². The second-order valence-electron chi connectivity index (χ2n) is 5.21. The van der Waals surface area contributed by atoms with Gasteiger partial charge in [-0.2, -0.15) is 0 Å². The molecule has 0 radical (unpaired) electrons. The smallest absolute Gasteiger partial charge is 0.255 e. The Kier molecular flexibility index (Phi) is 3.55. The predicted molar refractivity (Wildman–Crippen MR) is 76.8 cm³/mol. The van der Waals surface area contributed by atoms with Crippen LogP contribution in [0.2, 0.25) is 0 Å². The van der Waals surface area contributed by atoms with E-state index < -0.39 is 11.9 Å². The fourth-order valence-electron chi connectivity index (χ4n) is 2.77. The van der Waals surface area contributed by atoms with Crippen molar-refractivity contribution in [1.29, 1.82) is 0 Å². The molecule has 1 N–H and O–H groups in total. The Balaban J connectivity index is 1.80. The van der Waals surface area contributed by atoms with E-state index in [1.165, 1.54) is 4.90 Å². The van der Waals surface area contributed by atoms with Crippen LogP contribution in [0.4, 0.5) is 0 Å². The summed E-state index contributed by atoms with van der Waals surface area (Å²) in [7, 11) is 0. The lowest BCUT2D eigenvalue weighted by Crippen LogP contribution is -2.52. The number of hydrogen-bond acceptors (Lipinski definition) is 4. The van der Waals surface area contributed by atoms with Crippen LogP contribution in [0.5, 0.6) is 5.75 Å². The zero-order chi connectivity index (χ0) is 15.7. The first-order valence-electron chi connectivity index (χ1n) is 6.94. The molecule has 1 unspecified atom stereocenters. The van der Waals surface area contributed by atoms with Crippen LogP contribution in [0.25, 0.3) is 0 Å². The molecule has 2 heterocycles. The molecule has 0 saturated carbocycles. The molecule has 2 aliphatic heterocycles. The minimum Gasteiger partial charge on any atom is -0.481 e. The van der Waals surface area contributed by atoms with Gasteiger partial charge in [0.25, 0.3) is 5.91 Å². The maximum Gasteiger partial charge on any atom is 0.255 e. The van der Waals surface area contributed by atoms with Crippen LogP contribution in [0.15, 0.2) is 18.2 Å². The molecular weight excluding hydrogens is 284 g/mol. The highest BCUT2D eigenvalue weighted by Gasteiger charge is 2.39. The summed E-state index contributed by atoms with van der Waals surface area (Å²) in [5, 5.41) is 2.27. The van der Waals surface area contributed by atoms with E-state index in [0.717, 1.165) is 5.56 Å². The highest BCUT2D eigenvalue weighted by molar-refractivity contribution is 6.05. The number of rotatable bonds is 3. The molecule has 0 bridgehead atoms. The van der Waals surface area contributed by atoms with Crippen molar-refractivity contribution in [1.82, 2.24) is 10.2 Å². The largest absolute Gasteiger partial charge is 0.481 e. The average Bonchev–Trinajstić information content (AvgIpc) is 2.82. The number of ether oxygens (including phenoxy) is 1. The van der Waals surface area contributed by atoms with Crippen LogP contribution in [-0.2, 0) is 16.1 Å². The second kappa shape index (κ2) is 5.53. The summed E-state index contributed by atoms with van der Waals surface area (Å²) in [6, 6.07) is 4.51. The standard InChI is InChI=1S/C16H14N2O4/c1-2-7-22-11-3-4-12-10(8-11)9-18(16(12)21)13-5-6-14(19)17-15(13)20/h1,3-4,8,13H,5-7,9H2,(H,17,19,20). The van der Waals surface area contributed by atoms with Crippen LogP contribution in [-0.4, -0.2) is 35.3 Å². The number of imide groups is 1. The molecule has 1 fully saturated rings. The SMILES string of the molecule is C#CCOc1ccc2c(c1)CN(C1CCC(=O)NC1=O)C2=O. The van der Waals surface area contributed by atoms with E-state index in [0.29, 0.717) is 24.3 Å². The van der Waals surface area contributed by atoms with Gasteiger partial charge >= 0.3 is 0 Å². The fourth-order valence-corrected chi connectivity index (χ4v) is 2.77. The number of carbonyl (C=O) groups is 3. The summed E-state index contributed by atoms with van der Waals surface area (Å²) < 4.78 is 5.34. The predicted octanol–water partition coefficient (Wildman–Crippen LogP) is 0.460. The molecule has 0 aromatic heterocycles. The topological polar surface area (TPSA) is 75.7 Å². The average molecular weight is 298 g/mol. The van der Waals surface area contributed by atoms with Crippen LogP contribution < -0.4 is 10.1 Å². The highest BCUT2D eigenvalue weighted by atomic mass is 16.5. The lowest BCUT2D eigenvalue weighted by molar-refractivity contribution is -0.136. The van der Waals surface area contributed by atoms with Crippen LogP contribution >= 0.6 is 0 Å². The summed E-state index contributed by atoms with van der Waals surface area (Å²) in [5.41, 5.74) is 1.35. The molecule has 0 spiro atoms. The zero-order valence-electron chi connectivity index (χ0n) is 11.8. The van der Waals surface area contributed by atoms with Crippen LogP contribution in [0.3, 0.4) is 0 Å². The van der Waals surface area contributed by atoms with Crippen molar-refractivity contribution in [3.63, 3.8) is 0 Å². The van der Waals surface area contributed by atoms with Gasteiger partial charge in [-0.05, 0) is 30.2 Å². The van der Waals surface area contributed by atoms with Gasteiger partial charge in [-0.3, -0.25) is 19.7 Å². The number of nitrogens with zero attached hydrogens (tertiary/aromatic N) is 1. The van der Waals surface area contributed by atoms with E-state index in [2.05, 4.69) is 11.2 Å². The molecule has 22 heavy (non-hydrogen) atoms. The lowest BCUT2D eigenvalue weighted by Gasteiger charge is -2.29. The Morgan fingerprint density at radius 2 is 2.18 bits per heavy atom. The van der Waals surface area contributed by atoms with E-state index >= 15 is 0 Å². The van der Waals surface area contributed by atoms with E-state index in [-0.39, 0.29) is 24.8 Å².